The van der Waals surface area contributed by atoms with Crippen LogP contribution in [-0.4, -0.2) is 9.24 Å². The van der Waals surface area contributed by atoms with Crippen molar-refractivity contribution >= 4 is 11.6 Å². The molecule has 0 saturated heterocycles. The predicted octanol–water partition coefficient (Wildman–Crippen LogP) is 1.64. The van der Waals surface area contributed by atoms with Crippen LogP contribution in [0.3, 0.4) is 0 Å². The molecule has 0 bridgehead atoms. The zero-order valence-corrected chi connectivity index (χ0v) is 11.9. The smallest absolute Gasteiger partial charge is 0.335 e. The molecule has 1 aromatic carbocycles. The number of aryl methyl sites for hydroxylation is 1. The lowest BCUT2D eigenvalue weighted by Gasteiger charge is -2.13. The van der Waals surface area contributed by atoms with Gasteiger partial charge in [0.15, 0.2) is 5.69 Å². The summed E-state index contributed by atoms with van der Waals surface area (Å²) >= 11 is 5.73. The molecule has 9 heteroatoms. The van der Waals surface area contributed by atoms with Crippen molar-refractivity contribution in [1.29, 1.82) is 0 Å². The number of nitrogens with two attached hydrogens (primary N) is 1. The first kappa shape index (κ1) is 16.2. The number of aromatic nitrogens is 2. The summed E-state index contributed by atoms with van der Waals surface area (Å²) in [4.78, 5) is 23.5. The molecule has 118 valence electrons. The molecule has 0 aliphatic rings. The van der Waals surface area contributed by atoms with E-state index in [1.54, 1.807) is 24.3 Å². The van der Waals surface area contributed by atoms with Gasteiger partial charge in [-0.3, -0.25) is 9.36 Å². The molecular weight excluding hydrogens is 323 g/mol. The Morgan fingerprint density at radius 2 is 1.73 bits per heavy atom. The van der Waals surface area contributed by atoms with Crippen molar-refractivity contribution in [3.63, 3.8) is 0 Å². The lowest BCUT2D eigenvalue weighted by atomic mass is 10.1. The molecule has 5 nitrogen and oxygen atoms in total. The van der Waals surface area contributed by atoms with E-state index in [1.165, 1.54) is 0 Å². The summed E-state index contributed by atoms with van der Waals surface area (Å²) in [5, 5.41) is 0.528. The third-order valence-corrected chi connectivity index (χ3v) is 3.30. The average Bonchev–Trinajstić information content (AvgIpc) is 2.43. The van der Waals surface area contributed by atoms with E-state index >= 15 is 0 Å². The van der Waals surface area contributed by atoms with Gasteiger partial charge >= 0.3 is 11.9 Å². The summed E-state index contributed by atoms with van der Waals surface area (Å²) in [6.45, 7) is -0.0887. The fourth-order valence-corrected chi connectivity index (χ4v) is 2.03. The molecule has 0 atom stereocenters. The highest BCUT2D eigenvalue weighted by Gasteiger charge is 2.35. The second-order valence-electron chi connectivity index (χ2n) is 4.55. The Labute approximate surface area is 127 Å². The molecule has 0 aliphatic carbocycles. The molecule has 0 fully saturated rings. The summed E-state index contributed by atoms with van der Waals surface area (Å²) in [6, 6.07) is 6.96. The minimum Gasteiger partial charge on any atom is -0.335 e. The van der Waals surface area contributed by atoms with E-state index in [2.05, 4.69) is 0 Å². The van der Waals surface area contributed by atoms with Gasteiger partial charge in [0.2, 0.25) is 0 Å². The molecule has 1 heterocycles. The van der Waals surface area contributed by atoms with Crippen LogP contribution in [0, 0.1) is 0 Å². The van der Waals surface area contributed by atoms with Gasteiger partial charge in [-0.2, -0.15) is 13.2 Å². The Bertz CT molecular complexity index is 794. The molecule has 22 heavy (non-hydrogen) atoms. The topological polar surface area (TPSA) is 70.0 Å². The second-order valence-corrected chi connectivity index (χ2v) is 4.98. The van der Waals surface area contributed by atoms with Crippen LogP contribution < -0.4 is 17.1 Å². The first-order valence-electron chi connectivity index (χ1n) is 6.14. The van der Waals surface area contributed by atoms with Crippen LogP contribution in [0.25, 0.3) is 0 Å². The van der Waals surface area contributed by atoms with Gasteiger partial charge in [-0.1, -0.05) is 23.7 Å². The highest BCUT2D eigenvalue weighted by atomic mass is 35.5. The summed E-state index contributed by atoms with van der Waals surface area (Å²) < 4.78 is 38.5. The van der Waals surface area contributed by atoms with Crippen molar-refractivity contribution in [2.24, 2.45) is 0 Å². The van der Waals surface area contributed by atoms with E-state index in [0.29, 0.717) is 15.7 Å². The lowest BCUT2D eigenvalue weighted by molar-refractivity contribution is -0.143. The van der Waals surface area contributed by atoms with Crippen molar-refractivity contribution < 1.29 is 13.2 Å². The molecule has 2 aromatic rings. The zero-order valence-electron chi connectivity index (χ0n) is 11.1. The summed E-state index contributed by atoms with van der Waals surface area (Å²) in [6.07, 6.45) is -4.60. The van der Waals surface area contributed by atoms with Crippen LogP contribution in [0.1, 0.15) is 11.3 Å². The minimum atomic E-state index is -4.87. The Morgan fingerprint density at radius 1 is 1.14 bits per heavy atom. The largest absolute Gasteiger partial charge is 0.433 e. The molecule has 0 amide bonds. The van der Waals surface area contributed by atoms with Crippen molar-refractivity contribution in [2.75, 3.05) is 5.84 Å². The highest BCUT2D eigenvalue weighted by molar-refractivity contribution is 6.30. The normalized spacial score (nSPS) is 11.6. The van der Waals surface area contributed by atoms with Gasteiger partial charge in [-0.15, -0.1) is 0 Å². The zero-order chi connectivity index (χ0) is 16.5. The van der Waals surface area contributed by atoms with Gasteiger partial charge < -0.3 is 5.84 Å². The number of nitrogen functional groups attached to an aromatic ring is 1. The van der Waals surface area contributed by atoms with Gasteiger partial charge in [-0.25, -0.2) is 9.47 Å². The van der Waals surface area contributed by atoms with E-state index in [0.717, 1.165) is 5.56 Å². The van der Waals surface area contributed by atoms with E-state index < -0.39 is 23.1 Å². The number of benzene rings is 1. The van der Waals surface area contributed by atoms with Crippen LogP contribution in [0.2, 0.25) is 5.02 Å². The summed E-state index contributed by atoms with van der Waals surface area (Å²) in [5.74, 6) is 5.13. The molecular formula is C13H11ClF3N3O2. The van der Waals surface area contributed by atoms with Crippen LogP contribution >= 0.6 is 11.6 Å². The van der Waals surface area contributed by atoms with Gasteiger partial charge in [0, 0.05) is 17.6 Å². The quantitative estimate of drug-likeness (QED) is 0.868. The number of hydrogen-bond acceptors (Lipinski definition) is 3. The monoisotopic (exact) mass is 333 g/mol. The summed E-state index contributed by atoms with van der Waals surface area (Å²) in [5.41, 5.74) is -2.97. The van der Waals surface area contributed by atoms with Crippen LogP contribution in [-0.2, 0) is 19.1 Å². The lowest BCUT2D eigenvalue weighted by Crippen LogP contribution is -2.46. The molecule has 0 spiro atoms. The maximum Gasteiger partial charge on any atom is 0.433 e. The van der Waals surface area contributed by atoms with E-state index in [-0.39, 0.29) is 17.6 Å². The number of nitrogens with zero attached hydrogens (tertiary/aromatic N) is 2. The first-order chi connectivity index (χ1) is 10.2. The molecule has 0 radical (unpaired) electrons. The van der Waals surface area contributed by atoms with Crippen LogP contribution in [0.5, 0.6) is 0 Å². The highest BCUT2D eigenvalue weighted by Crippen LogP contribution is 2.26. The van der Waals surface area contributed by atoms with Crippen molar-refractivity contribution in [1.82, 2.24) is 9.24 Å². The van der Waals surface area contributed by atoms with Gasteiger partial charge in [0.1, 0.15) is 0 Å². The van der Waals surface area contributed by atoms with Crippen LogP contribution in [0.4, 0.5) is 13.2 Å². The summed E-state index contributed by atoms with van der Waals surface area (Å²) in [7, 11) is 0. The standard InChI is InChI=1S/C13H11ClF3N3O2/c14-9-3-1-8(2-4-9)5-6-19-11(21)7-10(13(15,16)17)20(18)12(19)22/h1-4,7H,5-6,18H2. The van der Waals surface area contributed by atoms with E-state index in [9.17, 15) is 22.8 Å². The number of hydrogen-bond donors (Lipinski definition) is 1. The van der Waals surface area contributed by atoms with Gasteiger partial charge in [0.25, 0.3) is 5.56 Å². The third-order valence-electron chi connectivity index (χ3n) is 3.05. The third kappa shape index (κ3) is 3.33. The number of rotatable bonds is 3. The maximum atomic E-state index is 12.6. The molecule has 0 unspecified atom stereocenters. The number of halogens is 4. The van der Waals surface area contributed by atoms with Crippen molar-refractivity contribution in [3.8, 4) is 0 Å². The predicted molar refractivity (Wildman–Crippen MR) is 75.3 cm³/mol. The molecule has 2 N–H and O–H groups in total. The van der Waals surface area contributed by atoms with E-state index in [1.807, 2.05) is 0 Å². The molecule has 1 aromatic heterocycles. The minimum absolute atomic E-state index is 0.0662. The first-order valence-corrected chi connectivity index (χ1v) is 6.51. The van der Waals surface area contributed by atoms with Crippen molar-refractivity contribution in [2.45, 2.75) is 19.1 Å². The van der Waals surface area contributed by atoms with Crippen LogP contribution in [0.15, 0.2) is 39.9 Å². The fourth-order valence-electron chi connectivity index (χ4n) is 1.91. The molecule has 0 saturated carbocycles. The average molecular weight is 334 g/mol. The fraction of sp³-hybridized carbons (Fsp3) is 0.231. The SMILES string of the molecule is Nn1c(C(F)(F)F)cc(=O)n(CCc2ccc(Cl)cc2)c1=O. The van der Waals surface area contributed by atoms with Crippen molar-refractivity contribution in [3.05, 3.63) is 67.4 Å². The second kappa shape index (κ2) is 5.88. The number of alkyl halides is 3. The maximum absolute atomic E-state index is 12.6. The Kier molecular flexibility index (Phi) is 4.32. The van der Waals surface area contributed by atoms with Gasteiger partial charge in [0.05, 0.1) is 0 Å². The van der Waals surface area contributed by atoms with Gasteiger partial charge in [-0.05, 0) is 24.1 Å². The van der Waals surface area contributed by atoms with E-state index in [4.69, 9.17) is 17.4 Å². The molecule has 2 rings (SSSR count). The Morgan fingerprint density at radius 3 is 2.27 bits per heavy atom. The Balaban J connectivity index is 2.33. The Hall–Kier alpha value is -2.22. The molecule has 0 aliphatic heterocycles.